The molecule has 0 unspecified atom stereocenters. The number of ether oxygens (including phenoxy) is 2. The monoisotopic (exact) mass is 267 g/mol. The highest BCUT2D eigenvalue weighted by atomic mass is 35.5. The summed E-state index contributed by atoms with van der Waals surface area (Å²) < 4.78 is 11.6. The Morgan fingerprint density at radius 2 is 2.06 bits per heavy atom. The van der Waals surface area contributed by atoms with Crippen LogP contribution in [0.4, 0.5) is 0 Å². The van der Waals surface area contributed by atoms with Gasteiger partial charge >= 0.3 is 0 Å². The van der Waals surface area contributed by atoms with Gasteiger partial charge in [-0.3, -0.25) is 0 Å². The van der Waals surface area contributed by atoms with Crippen LogP contribution in [-0.2, 0) is 5.41 Å². The first kappa shape index (κ1) is 12.1. The Hall–Kier alpha value is -0.930. The minimum atomic E-state index is -0.0239. The molecule has 1 aliphatic heterocycles. The van der Waals surface area contributed by atoms with Crippen molar-refractivity contribution < 1.29 is 9.47 Å². The van der Waals surface area contributed by atoms with E-state index in [0.717, 1.165) is 40.5 Å². The molecular formula is C14H18ClNO2. The molecule has 0 saturated carbocycles. The fraction of sp³-hybridized carbons (Fsp3) is 0.571. The van der Waals surface area contributed by atoms with Crippen molar-refractivity contribution in [2.75, 3.05) is 13.2 Å². The minimum absolute atomic E-state index is 0.00344. The van der Waals surface area contributed by atoms with Gasteiger partial charge in [-0.05, 0) is 17.4 Å². The number of nitrogens with two attached hydrogens (primary N) is 1. The summed E-state index contributed by atoms with van der Waals surface area (Å²) in [6.45, 7) is 5.69. The highest BCUT2D eigenvalue weighted by molar-refractivity contribution is 6.32. The third kappa shape index (κ3) is 1.69. The van der Waals surface area contributed by atoms with E-state index < -0.39 is 0 Å². The zero-order valence-corrected chi connectivity index (χ0v) is 11.5. The second kappa shape index (κ2) is 4.04. The fourth-order valence-electron chi connectivity index (χ4n) is 3.09. The second-order valence-electron chi connectivity index (χ2n) is 5.72. The van der Waals surface area contributed by atoms with E-state index in [2.05, 4.69) is 13.8 Å². The van der Waals surface area contributed by atoms with Crippen molar-refractivity contribution in [2.24, 2.45) is 5.73 Å². The molecule has 0 saturated heterocycles. The highest BCUT2D eigenvalue weighted by Crippen LogP contribution is 2.53. The zero-order chi connectivity index (χ0) is 12.9. The second-order valence-corrected chi connectivity index (χ2v) is 6.13. The molecule has 0 radical (unpaired) electrons. The molecule has 3 nitrogen and oxygen atoms in total. The van der Waals surface area contributed by atoms with Gasteiger partial charge in [0.1, 0.15) is 0 Å². The Morgan fingerprint density at radius 1 is 1.33 bits per heavy atom. The lowest BCUT2D eigenvalue weighted by molar-refractivity contribution is 0.295. The van der Waals surface area contributed by atoms with Crippen LogP contribution in [0.1, 0.15) is 43.9 Å². The molecule has 1 aliphatic carbocycles. The highest BCUT2D eigenvalue weighted by Gasteiger charge is 2.40. The topological polar surface area (TPSA) is 44.5 Å². The van der Waals surface area contributed by atoms with Crippen LogP contribution in [0.15, 0.2) is 6.07 Å². The summed E-state index contributed by atoms with van der Waals surface area (Å²) in [6, 6.07) is 1.85. The molecule has 2 aliphatic rings. The van der Waals surface area contributed by atoms with E-state index in [4.69, 9.17) is 26.8 Å². The average molecular weight is 268 g/mol. The van der Waals surface area contributed by atoms with Crippen molar-refractivity contribution in [2.45, 2.75) is 38.1 Å². The summed E-state index contributed by atoms with van der Waals surface area (Å²) in [5, 5.41) is 0.743. The number of fused-ring (bicyclic) bond motifs is 3. The lowest BCUT2D eigenvalue weighted by Crippen LogP contribution is -2.14. The summed E-state index contributed by atoms with van der Waals surface area (Å²) in [5.41, 5.74) is 8.44. The summed E-state index contributed by atoms with van der Waals surface area (Å²) in [6.07, 6.45) is 1.78. The van der Waals surface area contributed by atoms with Crippen LogP contribution >= 0.6 is 11.6 Å². The Kier molecular flexibility index (Phi) is 2.72. The van der Waals surface area contributed by atoms with Gasteiger partial charge < -0.3 is 15.2 Å². The van der Waals surface area contributed by atoms with Gasteiger partial charge in [-0.2, -0.15) is 0 Å². The Morgan fingerprint density at radius 3 is 2.83 bits per heavy atom. The van der Waals surface area contributed by atoms with Crippen LogP contribution < -0.4 is 15.2 Å². The smallest absolute Gasteiger partial charge is 0.166 e. The lowest BCUT2D eigenvalue weighted by Gasteiger charge is -2.21. The third-order valence-corrected chi connectivity index (χ3v) is 4.10. The quantitative estimate of drug-likeness (QED) is 0.785. The lowest BCUT2D eigenvalue weighted by atomic mass is 9.86. The van der Waals surface area contributed by atoms with Crippen LogP contribution in [0.3, 0.4) is 0 Å². The molecule has 0 bridgehead atoms. The van der Waals surface area contributed by atoms with Gasteiger partial charge in [0.15, 0.2) is 11.5 Å². The molecule has 0 aromatic heterocycles. The van der Waals surface area contributed by atoms with Crippen molar-refractivity contribution >= 4 is 11.6 Å². The fourth-order valence-corrected chi connectivity index (χ4v) is 3.55. The maximum absolute atomic E-state index is 6.42. The molecule has 1 atom stereocenters. The van der Waals surface area contributed by atoms with E-state index in [1.807, 2.05) is 6.07 Å². The van der Waals surface area contributed by atoms with E-state index in [1.165, 1.54) is 0 Å². The summed E-state index contributed by atoms with van der Waals surface area (Å²) >= 11 is 6.42. The molecule has 1 heterocycles. The van der Waals surface area contributed by atoms with Gasteiger partial charge in [0, 0.05) is 29.1 Å². The molecule has 0 spiro atoms. The number of benzene rings is 1. The van der Waals surface area contributed by atoms with Gasteiger partial charge in [-0.15, -0.1) is 0 Å². The van der Waals surface area contributed by atoms with Crippen LogP contribution in [0.25, 0.3) is 0 Å². The summed E-state index contributed by atoms with van der Waals surface area (Å²) in [7, 11) is 0. The largest absolute Gasteiger partial charge is 0.489 e. The van der Waals surface area contributed by atoms with Crippen molar-refractivity contribution in [1.29, 1.82) is 0 Å². The van der Waals surface area contributed by atoms with Crippen LogP contribution in [0.5, 0.6) is 11.5 Å². The maximum Gasteiger partial charge on any atom is 0.166 e. The number of hydrogen-bond acceptors (Lipinski definition) is 3. The molecule has 1 aromatic carbocycles. The van der Waals surface area contributed by atoms with Gasteiger partial charge in [-0.1, -0.05) is 25.4 Å². The van der Waals surface area contributed by atoms with Crippen molar-refractivity contribution in [3.63, 3.8) is 0 Å². The normalized spacial score (nSPS) is 24.6. The van der Waals surface area contributed by atoms with Crippen molar-refractivity contribution in [3.05, 3.63) is 22.2 Å². The first-order valence-corrected chi connectivity index (χ1v) is 6.76. The summed E-state index contributed by atoms with van der Waals surface area (Å²) in [5.74, 6) is 1.55. The Bertz CT molecular complexity index is 499. The van der Waals surface area contributed by atoms with Crippen molar-refractivity contribution in [3.8, 4) is 11.5 Å². The van der Waals surface area contributed by atoms with Crippen molar-refractivity contribution in [1.82, 2.24) is 0 Å². The van der Waals surface area contributed by atoms with Gasteiger partial charge in [0.05, 0.1) is 13.2 Å². The van der Waals surface area contributed by atoms with E-state index in [-0.39, 0.29) is 11.5 Å². The number of rotatable bonds is 0. The van der Waals surface area contributed by atoms with Crippen LogP contribution in [0.2, 0.25) is 5.02 Å². The zero-order valence-electron chi connectivity index (χ0n) is 10.8. The van der Waals surface area contributed by atoms with Gasteiger partial charge in [0.2, 0.25) is 0 Å². The molecule has 1 aromatic rings. The molecule has 4 heteroatoms. The maximum atomic E-state index is 6.42. The Balaban J connectivity index is 2.25. The van der Waals surface area contributed by atoms with E-state index in [9.17, 15) is 0 Å². The van der Waals surface area contributed by atoms with Crippen LogP contribution in [-0.4, -0.2) is 13.2 Å². The number of hydrogen-bond donors (Lipinski definition) is 1. The van der Waals surface area contributed by atoms with Crippen LogP contribution in [0, 0.1) is 0 Å². The van der Waals surface area contributed by atoms with Gasteiger partial charge in [-0.25, -0.2) is 0 Å². The van der Waals surface area contributed by atoms with Gasteiger partial charge in [0.25, 0.3) is 0 Å². The molecule has 98 valence electrons. The summed E-state index contributed by atoms with van der Waals surface area (Å²) in [4.78, 5) is 0. The number of halogens is 1. The van der Waals surface area contributed by atoms with E-state index in [0.29, 0.717) is 13.2 Å². The SMILES string of the molecule is CC1(C)C[C@@H](N)c2c3c(cc(Cl)c21)OCCCO3. The predicted octanol–water partition coefficient (Wildman–Crippen LogP) is 3.18. The van der Waals surface area contributed by atoms with E-state index in [1.54, 1.807) is 0 Å². The first-order chi connectivity index (χ1) is 8.50. The molecule has 18 heavy (non-hydrogen) atoms. The average Bonchev–Trinajstić information content (AvgIpc) is 2.46. The predicted molar refractivity (Wildman–Crippen MR) is 71.6 cm³/mol. The van der Waals surface area contributed by atoms with E-state index >= 15 is 0 Å². The third-order valence-electron chi connectivity index (χ3n) is 3.80. The molecule has 2 N–H and O–H groups in total. The minimum Gasteiger partial charge on any atom is -0.489 e. The molecule has 0 fully saturated rings. The standard InChI is InChI=1S/C14H18ClNO2/c1-14(2)7-9(16)11-12(14)8(15)6-10-13(11)18-5-3-4-17-10/h6,9H,3-5,7,16H2,1-2H3/t9-/m1/s1. The molecular weight excluding hydrogens is 250 g/mol. The Labute approximate surface area is 112 Å². The molecule has 3 rings (SSSR count). The molecule has 0 amide bonds. The first-order valence-electron chi connectivity index (χ1n) is 6.39.